The van der Waals surface area contributed by atoms with E-state index in [0.717, 1.165) is 36.0 Å². The number of ether oxygens (including phenoxy) is 2. The van der Waals surface area contributed by atoms with Crippen LogP contribution in [0.5, 0.6) is 5.75 Å². The van der Waals surface area contributed by atoms with Crippen LogP contribution in [0.1, 0.15) is 55.6 Å². The van der Waals surface area contributed by atoms with Crippen molar-refractivity contribution in [2.75, 3.05) is 20.2 Å². The van der Waals surface area contributed by atoms with Crippen LogP contribution in [0.4, 0.5) is 0 Å². The van der Waals surface area contributed by atoms with E-state index in [2.05, 4.69) is 11.2 Å². The molecule has 3 heterocycles. The minimum Gasteiger partial charge on any atom is -0.491 e. The molecule has 0 N–H and O–H groups in total. The molecule has 0 atom stereocenters. The monoisotopic (exact) mass is 485 g/mol. The third-order valence-corrected chi connectivity index (χ3v) is 8.13. The quantitative estimate of drug-likeness (QED) is 0.466. The summed E-state index contributed by atoms with van der Waals surface area (Å²) in [6.45, 7) is 7.51. The molecule has 9 heteroatoms. The number of carbonyl (C=O) groups is 1. The predicted octanol–water partition coefficient (Wildman–Crippen LogP) is 4.20. The molecule has 0 saturated carbocycles. The summed E-state index contributed by atoms with van der Waals surface area (Å²) in [5.74, 6) is 0.410. The van der Waals surface area contributed by atoms with Crippen LogP contribution in [-0.2, 0) is 21.3 Å². The van der Waals surface area contributed by atoms with E-state index in [-0.39, 0.29) is 22.6 Å². The molecule has 8 nitrogen and oxygen atoms in total. The normalized spacial score (nSPS) is 15.7. The lowest BCUT2D eigenvalue weighted by Gasteiger charge is -2.31. The molecule has 0 unspecified atom stereocenters. The van der Waals surface area contributed by atoms with Crippen LogP contribution in [0.3, 0.4) is 0 Å². The van der Waals surface area contributed by atoms with Crippen molar-refractivity contribution in [3.05, 3.63) is 53.9 Å². The maximum atomic E-state index is 13.2. The Hall–Kier alpha value is -2.91. The molecule has 0 aliphatic carbocycles. The third-order valence-electron chi connectivity index (χ3n) is 6.22. The van der Waals surface area contributed by atoms with Gasteiger partial charge in [0.1, 0.15) is 11.4 Å². The number of esters is 1. The highest BCUT2D eigenvalue weighted by Crippen LogP contribution is 2.35. The second kappa shape index (κ2) is 9.76. The van der Waals surface area contributed by atoms with E-state index in [1.165, 1.54) is 7.11 Å². The maximum absolute atomic E-state index is 13.2. The number of fused-ring (bicyclic) bond motifs is 1. The van der Waals surface area contributed by atoms with Crippen LogP contribution in [0.2, 0.25) is 0 Å². The van der Waals surface area contributed by atoms with Gasteiger partial charge in [0.2, 0.25) is 10.0 Å². The Labute approximate surface area is 200 Å². The van der Waals surface area contributed by atoms with Gasteiger partial charge in [0.25, 0.3) is 0 Å². The Bertz CT molecular complexity index is 1270. The fraction of sp³-hybridized carbons (Fsp3) is 0.440. The van der Waals surface area contributed by atoms with Crippen molar-refractivity contribution in [2.24, 2.45) is 0 Å². The first-order valence-electron chi connectivity index (χ1n) is 11.6. The highest BCUT2D eigenvalue weighted by atomic mass is 32.2. The van der Waals surface area contributed by atoms with Crippen LogP contribution in [0, 0.1) is 0 Å². The lowest BCUT2D eigenvalue weighted by molar-refractivity contribution is 0.0594. The number of aromatic nitrogens is 2. The van der Waals surface area contributed by atoms with Gasteiger partial charge < -0.3 is 14.0 Å². The van der Waals surface area contributed by atoms with E-state index in [4.69, 9.17) is 9.47 Å². The maximum Gasteiger partial charge on any atom is 0.356 e. The molecule has 34 heavy (non-hydrogen) atoms. The molecular formula is C25H31N3O5S. The van der Waals surface area contributed by atoms with Gasteiger partial charge in [0.15, 0.2) is 5.69 Å². The molecule has 182 valence electrons. The van der Waals surface area contributed by atoms with Gasteiger partial charge in [-0.05, 0) is 81.5 Å². The molecule has 1 aromatic carbocycles. The minimum absolute atomic E-state index is 0.0300. The molecule has 1 aliphatic heterocycles. The Kier molecular flexibility index (Phi) is 6.95. The molecule has 0 bridgehead atoms. The van der Waals surface area contributed by atoms with Crippen LogP contribution in [-0.4, -0.2) is 54.5 Å². The van der Waals surface area contributed by atoms with Crippen LogP contribution < -0.4 is 4.74 Å². The van der Waals surface area contributed by atoms with E-state index in [1.54, 1.807) is 34.6 Å². The fourth-order valence-electron chi connectivity index (χ4n) is 4.49. The molecule has 0 radical (unpaired) electrons. The summed E-state index contributed by atoms with van der Waals surface area (Å²) in [4.78, 5) is 16.7. The summed E-state index contributed by atoms with van der Waals surface area (Å²) in [5, 5.41) is 0.997. The number of piperidine rings is 1. The number of nitrogens with zero attached hydrogens (tertiary/aromatic N) is 3. The number of carbonyl (C=O) groups excluding carboxylic acids is 1. The van der Waals surface area contributed by atoms with Crippen molar-refractivity contribution in [2.45, 2.75) is 57.1 Å². The van der Waals surface area contributed by atoms with Gasteiger partial charge >= 0.3 is 5.97 Å². The van der Waals surface area contributed by atoms with Crippen molar-refractivity contribution in [3.8, 4) is 5.75 Å². The van der Waals surface area contributed by atoms with Gasteiger partial charge in [-0.25, -0.2) is 18.2 Å². The van der Waals surface area contributed by atoms with E-state index in [9.17, 15) is 13.2 Å². The van der Waals surface area contributed by atoms with Crippen molar-refractivity contribution in [3.63, 3.8) is 0 Å². The van der Waals surface area contributed by atoms with Crippen molar-refractivity contribution >= 4 is 27.0 Å². The second-order valence-corrected chi connectivity index (χ2v) is 10.7. The zero-order chi connectivity index (χ0) is 24.5. The number of pyridine rings is 1. The topological polar surface area (TPSA) is 90.7 Å². The first-order chi connectivity index (χ1) is 16.2. The molecule has 1 fully saturated rings. The van der Waals surface area contributed by atoms with E-state index >= 15 is 0 Å². The average Bonchev–Trinajstić information content (AvgIpc) is 3.21. The summed E-state index contributed by atoms with van der Waals surface area (Å²) < 4.78 is 40.4. The Morgan fingerprint density at radius 2 is 1.79 bits per heavy atom. The first-order valence-corrected chi connectivity index (χ1v) is 13.0. The second-order valence-electron chi connectivity index (χ2n) is 8.75. The molecule has 3 aromatic rings. The molecule has 1 saturated heterocycles. The largest absolute Gasteiger partial charge is 0.491 e. The molecule has 0 spiro atoms. The summed E-state index contributed by atoms with van der Waals surface area (Å²) >= 11 is 0. The third kappa shape index (κ3) is 4.67. The lowest BCUT2D eigenvalue weighted by atomic mass is 9.90. The molecule has 2 aromatic heterocycles. The van der Waals surface area contributed by atoms with Crippen molar-refractivity contribution in [1.82, 2.24) is 13.9 Å². The first kappa shape index (κ1) is 24.2. The zero-order valence-corrected chi connectivity index (χ0v) is 20.8. The number of hydrogen-bond acceptors (Lipinski definition) is 6. The van der Waals surface area contributed by atoms with Gasteiger partial charge in [-0.2, -0.15) is 4.31 Å². The van der Waals surface area contributed by atoms with Crippen LogP contribution in [0.25, 0.3) is 11.0 Å². The predicted molar refractivity (Wildman–Crippen MR) is 130 cm³/mol. The average molecular weight is 486 g/mol. The highest BCUT2D eigenvalue weighted by Gasteiger charge is 2.31. The Balaban J connectivity index is 1.51. The Morgan fingerprint density at radius 3 is 2.38 bits per heavy atom. The van der Waals surface area contributed by atoms with Gasteiger partial charge in [-0.1, -0.05) is 0 Å². The summed E-state index contributed by atoms with van der Waals surface area (Å²) in [5.41, 5.74) is 2.17. The van der Waals surface area contributed by atoms with Crippen molar-refractivity contribution < 1.29 is 22.7 Å². The summed E-state index contributed by atoms with van der Waals surface area (Å²) in [7, 11) is -2.22. The number of aryl methyl sites for hydroxylation is 1. The van der Waals surface area contributed by atoms with E-state index in [1.807, 2.05) is 31.4 Å². The van der Waals surface area contributed by atoms with Gasteiger partial charge in [0, 0.05) is 31.2 Å². The summed E-state index contributed by atoms with van der Waals surface area (Å²) in [6.07, 6.45) is 3.55. The molecule has 4 rings (SSSR count). The van der Waals surface area contributed by atoms with Crippen molar-refractivity contribution in [1.29, 1.82) is 0 Å². The molecule has 1 aliphatic rings. The number of rotatable bonds is 7. The van der Waals surface area contributed by atoms with Crippen LogP contribution in [0.15, 0.2) is 47.5 Å². The zero-order valence-electron chi connectivity index (χ0n) is 20.0. The Morgan fingerprint density at radius 1 is 1.12 bits per heavy atom. The molecule has 0 amide bonds. The number of hydrogen-bond donors (Lipinski definition) is 0. The SMILES string of the molecule is CCn1cc(C2CCN(S(=O)(=O)c3ccc(OC(C)C)cc3)CC2)c2ccc(C(=O)OC)nc21. The minimum atomic E-state index is -3.56. The summed E-state index contributed by atoms with van der Waals surface area (Å²) in [6, 6.07) is 10.2. The number of benzene rings is 1. The van der Waals surface area contributed by atoms with Crippen LogP contribution >= 0.6 is 0 Å². The smallest absolute Gasteiger partial charge is 0.356 e. The van der Waals surface area contributed by atoms with Gasteiger partial charge in [-0.15, -0.1) is 0 Å². The van der Waals surface area contributed by atoms with E-state index in [0.29, 0.717) is 18.8 Å². The van der Waals surface area contributed by atoms with Gasteiger partial charge in [0.05, 0.1) is 18.1 Å². The number of methoxy groups -OCH3 is 1. The standard InChI is InChI=1S/C25H31N3O5S/c1-5-27-16-22(21-10-11-23(25(29)32-4)26-24(21)27)18-12-14-28(15-13-18)34(30,31)20-8-6-19(7-9-20)33-17(2)3/h6-11,16-18H,5,12-15H2,1-4H3. The highest BCUT2D eigenvalue weighted by molar-refractivity contribution is 7.89. The lowest BCUT2D eigenvalue weighted by Crippen LogP contribution is -2.37. The van der Waals surface area contributed by atoms with Gasteiger partial charge in [-0.3, -0.25) is 0 Å². The molecular weight excluding hydrogens is 454 g/mol. The fourth-order valence-corrected chi connectivity index (χ4v) is 5.96. The number of sulfonamides is 1. The van der Waals surface area contributed by atoms with E-state index < -0.39 is 16.0 Å².